The number of nitrogens with one attached hydrogen (secondary N) is 1. The van der Waals surface area contributed by atoms with E-state index in [4.69, 9.17) is 9.47 Å². The topological polar surface area (TPSA) is 63.6 Å². The van der Waals surface area contributed by atoms with Crippen LogP contribution in [0.25, 0.3) is 10.9 Å². The molecule has 5 heteroatoms. The number of nitrogens with zero attached hydrogens (tertiary/aromatic N) is 1. The lowest BCUT2D eigenvalue weighted by Gasteiger charge is -2.10. The summed E-state index contributed by atoms with van der Waals surface area (Å²) in [6, 6.07) is 9.93. The number of pyridine rings is 1. The van der Waals surface area contributed by atoms with Crippen molar-refractivity contribution in [3.8, 4) is 5.75 Å². The Morgan fingerprint density at radius 3 is 2.86 bits per heavy atom. The molecule has 0 bridgehead atoms. The third kappa shape index (κ3) is 4.39. The molecule has 0 radical (unpaired) electrons. The van der Waals surface area contributed by atoms with Crippen molar-refractivity contribution in [1.29, 1.82) is 0 Å². The molecule has 5 nitrogen and oxygen atoms in total. The molecule has 2 aromatic rings. The maximum atomic E-state index is 9.56. The zero-order chi connectivity index (χ0) is 15.1. The standard InChI is InChI=1S/C16H22N2O3/c1-20-11-14(19)8-9-17-10-13-7-6-12-4-3-5-15(21-2)16(12)18-13/h3-7,14,17,19H,8-11H2,1-2H3. The summed E-state index contributed by atoms with van der Waals surface area (Å²) in [5.74, 6) is 0.782. The van der Waals surface area contributed by atoms with Gasteiger partial charge in [-0.3, -0.25) is 0 Å². The highest BCUT2D eigenvalue weighted by Gasteiger charge is 2.05. The van der Waals surface area contributed by atoms with Crippen molar-refractivity contribution in [1.82, 2.24) is 10.3 Å². The first-order valence-electron chi connectivity index (χ1n) is 7.05. The Hall–Kier alpha value is -1.69. The molecule has 0 aliphatic heterocycles. The van der Waals surface area contributed by atoms with Crippen LogP contribution in [-0.2, 0) is 11.3 Å². The number of hydrogen-bond donors (Lipinski definition) is 2. The predicted molar refractivity (Wildman–Crippen MR) is 82.5 cm³/mol. The molecule has 0 aliphatic rings. The molecule has 1 unspecified atom stereocenters. The lowest BCUT2D eigenvalue weighted by Crippen LogP contribution is -2.23. The normalized spacial score (nSPS) is 12.5. The van der Waals surface area contributed by atoms with Crippen LogP contribution in [0.3, 0.4) is 0 Å². The lowest BCUT2D eigenvalue weighted by atomic mass is 10.2. The SMILES string of the molecule is COCC(O)CCNCc1ccc2cccc(OC)c2n1. The number of aliphatic hydroxyl groups excluding tert-OH is 1. The van der Waals surface area contributed by atoms with E-state index < -0.39 is 6.10 Å². The number of aromatic nitrogens is 1. The smallest absolute Gasteiger partial charge is 0.145 e. The Kier molecular flexibility index (Phi) is 5.92. The molecule has 0 amide bonds. The summed E-state index contributed by atoms with van der Waals surface area (Å²) in [6.45, 7) is 1.75. The number of methoxy groups -OCH3 is 2. The molecule has 1 aromatic heterocycles. The molecule has 21 heavy (non-hydrogen) atoms. The number of aliphatic hydroxyl groups is 1. The predicted octanol–water partition coefficient (Wildman–Crippen LogP) is 1.73. The molecular weight excluding hydrogens is 268 g/mol. The molecule has 0 saturated heterocycles. The Morgan fingerprint density at radius 2 is 2.10 bits per heavy atom. The van der Waals surface area contributed by atoms with Gasteiger partial charge in [0, 0.05) is 19.0 Å². The van der Waals surface area contributed by atoms with Crippen LogP contribution >= 0.6 is 0 Å². The van der Waals surface area contributed by atoms with Gasteiger partial charge < -0.3 is 19.9 Å². The van der Waals surface area contributed by atoms with Crippen molar-refractivity contribution in [2.45, 2.75) is 19.1 Å². The molecule has 2 N–H and O–H groups in total. The van der Waals surface area contributed by atoms with Crippen LogP contribution in [0.5, 0.6) is 5.75 Å². The molecule has 0 fully saturated rings. The van der Waals surface area contributed by atoms with E-state index in [1.165, 1.54) is 0 Å². The van der Waals surface area contributed by atoms with E-state index in [-0.39, 0.29) is 0 Å². The third-order valence-electron chi connectivity index (χ3n) is 3.28. The minimum atomic E-state index is -0.424. The highest BCUT2D eigenvalue weighted by molar-refractivity contribution is 5.84. The molecular formula is C16H22N2O3. The van der Waals surface area contributed by atoms with Gasteiger partial charge in [-0.05, 0) is 25.1 Å². The van der Waals surface area contributed by atoms with Crippen LogP contribution in [0.4, 0.5) is 0 Å². The number of benzene rings is 1. The summed E-state index contributed by atoms with van der Waals surface area (Å²) in [5, 5.41) is 13.9. The van der Waals surface area contributed by atoms with Gasteiger partial charge in [0.1, 0.15) is 11.3 Å². The molecule has 114 valence electrons. The maximum absolute atomic E-state index is 9.56. The van der Waals surface area contributed by atoms with Gasteiger partial charge >= 0.3 is 0 Å². The summed E-state index contributed by atoms with van der Waals surface area (Å²) in [6.07, 6.45) is 0.234. The van der Waals surface area contributed by atoms with Crippen LogP contribution in [0.15, 0.2) is 30.3 Å². The van der Waals surface area contributed by atoms with Crippen molar-refractivity contribution in [2.75, 3.05) is 27.4 Å². The van der Waals surface area contributed by atoms with Crippen LogP contribution in [0.1, 0.15) is 12.1 Å². The Balaban J connectivity index is 1.93. The third-order valence-corrected chi connectivity index (χ3v) is 3.28. The molecule has 1 heterocycles. The minimum Gasteiger partial charge on any atom is -0.494 e. The van der Waals surface area contributed by atoms with Crippen molar-refractivity contribution >= 4 is 10.9 Å². The summed E-state index contributed by atoms with van der Waals surface area (Å²) in [4.78, 5) is 4.62. The zero-order valence-electron chi connectivity index (χ0n) is 12.5. The molecule has 0 saturated carbocycles. The Labute approximate surface area is 124 Å². The Bertz CT molecular complexity index is 574. The molecule has 0 spiro atoms. The van der Waals surface area contributed by atoms with Gasteiger partial charge in [-0.2, -0.15) is 0 Å². The minimum absolute atomic E-state index is 0.368. The fraction of sp³-hybridized carbons (Fsp3) is 0.438. The molecule has 1 atom stereocenters. The van der Waals surface area contributed by atoms with Gasteiger partial charge in [-0.1, -0.05) is 18.2 Å². The average molecular weight is 290 g/mol. The highest BCUT2D eigenvalue weighted by atomic mass is 16.5. The quantitative estimate of drug-likeness (QED) is 0.725. The van der Waals surface area contributed by atoms with Gasteiger partial charge in [0.2, 0.25) is 0 Å². The number of para-hydroxylation sites is 1. The van der Waals surface area contributed by atoms with E-state index in [0.29, 0.717) is 19.6 Å². The van der Waals surface area contributed by atoms with E-state index in [1.807, 2.05) is 30.3 Å². The monoisotopic (exact) mass is 290 g/mol. The first kappa shape index (κ1) is 15.7. The summed E-state index contributed by atoms with van der Waals surface area (Å²) in [7, 11) is 3.24. The molecule has 1 aromatic carbocycles. The average Bonchev–Trinajstić information content (AvgIpc) is 2.51. The van der Waals surface area contributed by atoms with Crippen LogP contribution < -0.4 is 10.1 Å². The van der Waals surface area contributed by atoms with Gasteiger partial charge in [0.05, 0.1) is 25.5 Å². The van der Waals surface area contributed by atoms with Crippen molar-refractivity contribution in [2.24, 2.45) is 0 Å². The van der Waals surface area contributed by atoms with Gasteiger partial charge in [-0.15, -0.1) is 0 Å². The zero-order valence-corrected chi connectivity index (χ0v) is 12.5. The second-order valence-corrected chi connectivity index (χ2v) is 4.91. The molecule has 0 aliphatic carbocycles. The first-order chi connectivity index (χ1) is 10.2. The number of hydrogen-bond acceptors (Lipinski definition) is 5. The lowest BCUT2D eigenvalue weighted by molar-refractivity contribution is 0.0594. The fourth-order valence-corrected chi connectivity index (χ4v) is 2.18. The van der Waals surface area contributed by atoms with Crippen molar-refractivity contribution in [3.05, 3.63) is 36.0 Å². The second-order valence-electron chi connectivity index (χ2n) is 4.91. The summed E-state index contributed by atoms with van der Waals surface area (Å²) in [5.41, 5.74) is 1.83. The number of fused-ring (bicyclic) bond motifs is 1. The largest absolute Gasteiger partial charge is 0.494 e. The van der Waals surface area contributed by atoms with E-state index in [0.717, 1.165) is 28.9 Å². The molecule has 2 rings (SSSR count). The maximum Gasteiger partial charge on any atom is 0.145 e. The van der Waals surface area contributed by atoms with Crippen LogP contribution in [-0.4, -0.2) is 43.6 Å². The Morgan fingerprint density at radius 1 is 1.24 bits per heavy atom. The fourth-order valence-electron chi connectivity index (χ4n) is 2.18. The number of ether oxygens (including phenoxy) is 2. The second kappa shape index (κ2) is 7.93. The van der Waals surface area contributed by atoms with Crippen LogP contribution in [0.2, 0.25) is 0 Å². The van der Waals surface area contributed by atoms with E-state index in [1.54, 1.807) is 14.2 Å². The van der Waals surface area contributed by atoms with Gasteiger partial charge in [0.15, 0.2) is 0 Å². The van der Waals surface area contributed by atoms with Crippen LogP contribution in [0, 0.1) is 0 Å². The van der Waals surface area contributed by atoms with E-state index in [2.05, 4.69) is 10.3 Å². The van der Waals surface area contributed by atoms with Gasteiger partial charge in [0.25, 0.3) is 0 Å². The summed E-state index contributed by atoms with van der Waals surface area (Å²) < 4.78 is 10.2. The van der Waals surface area contributed by atoms with Crippen molar-refractivity contribution in [3.63, 3.8) is 0 Å². The van der Waals surface area contributed by atoms with E-state index >= 15 is 0 Å². The highest BCUT2D eigenvalue weighted by Crippen LogP contribution is 2.23. The first-order valence-corrected chi connectivity index (χ1v) is 7.05. The van der Waals surface area contributed by atoms with E-state index in [9.17, 15) is 5.11 Å². The van der Waals surface area contributed by atoms with Crippen molar-refractivity contribution < 1.29 is 14.6 Å². The van der Waals surface area contributed by atoms with Gasteiger partial charge in [-0.25, -0.2) is 4.98 Å². The summed E-state index contributed by atoms with van der Waals surface area (Å²) >= 11 is 0. The number of rotatable bonds is 8.